The van der Waals surface area contributed by atoms with Crippen LogP contribution in [0.5, 0.6) is 23.0 Å². The molecule has 6 heteroatoms. The van der Waals surface area contributed by atoms with Crippen LogP contribution in [-0.4, -0.2) is 34.3 Å². The third-order valence-corrected chi connectivity index (χ3v) is 3.67. The first-order chi connectivity index (χ1) is 11.5. The minimum absolute atomic E-state index is 0.287. The molecule has 0 aliphatic heterocycles. The van der Waals surface area contributed by atoms with Gasteiger partial charge in [0.2, 0.25) is 0 Å². The van der Waals surface area contributed by atoms with Crippen molar-refractivity contribution in [2.75, 3.05) is 33.8 Å². The van der Waals surface area contributed by atoms with Crippen LogP contribution in [0.4, 0.5) is 5.69 Å². The van der Waals surface area contributed by atoms with E-state index in [0.717, 1.165) is 5.56 Å². The van der Waals surface area contributed by atoms with Crippen molar-refractivity contribution < 1.29 is 23.7 Å². The number of carbonyl (C=O) groups excluding carboxylic acids is 1. The Labute approximate surface area is 141 Å². The Hall–Kier alpha value is -2.89. The van der Waals surface area contributed by atoms with Gasteiger partial charge in [0.1, 0.15) is 11.5 Å². The quantitative estimate of drug-likeness (QED) is 0.880. The molecule has 0 heterocycles. The lowest BCUT2D eigenvalue weighted by Gasteiger charge is -2.15. The van der Waals surface area contributed by atoms with Gasteiger partial charge in [-0.05, 0) is 31.2 Å². The third-order valence-electron chi connectivity index (χ3n) is 3.67. The maximum absolute atomic E-state index is 12.6. The molecular formula is C18H21NO5. The highest BCUT2D eigenvalue weighted by atomic mass is 16.5. The molecule has 0 aromatic heterocycles. The molecule has 2 rings (SSSR count). The molecule has 1 N–H and O–H groups in total. The molecule has 0 aliphatic carbocycles. The van der Waals surface area contributed by atoms with Gasteiger partial charge in [-0.1, -0.05) is 0 Å². The summed E-state index contributed by atoms with van der Waals surface area (Å²) < 4.78 is 21.1. The first-order valence-electron chi connectivity index (χ1n) is 7.30. The second-order valence-electron chi connectivity index (χ2n) is 5.00. The standard InChI is InChI=1S/C18H21NO5/c1-11-14(21-2)9-7-13(17(11)24-5)18(20)19-12-6-8-15(22-3)16(10-12)23-4/h6-10H,1-5H3,(H,19,20). The van der Waals surface area contributed by atoms with E-state index in [0.29, 0.717) is 34.2 Å². The molecule has 128 valence electrons. The van der Waals surface area contributed by atoms with Gasteiger partial charge in [-0.25, -0.2) is 0 Å². The van der Waals surface area contributed by atoms with Crippen molar-refractivity contribution in [2.45, 2.75) is 6.92 Å². The molecule has 0 unspecified atom stereocenters. The Balaban J connectivity index is 2.32. The topological polar surface area (TPSA) is 66.0 Å². The van der Waals surface area contributed by atoms with Crippen molar-refractivity contribution in [2.24, 2.45) is 0 Å². The fraction of sp³-hybridized carbons (Fsp3) is 0.278. The van der Waals surface area contributed by atoms with Crippen LogP contribution >= 0.6 is 0 Å². The normalized spacial score (nSPS) is 10.0. The van der Waals surface area contributed by atoms with E-state index in [1.54, 1.807) is 51.7 Å². The number of ether oxygens (including phenoxy) is 4. The number of carbonyl (C=O) groups is 1. The van der Waals surface area contributed by atoms with Gasteiger partial charge in [-0.3, -0.25) is 4.79 Å². The van der Waals surface area contributed by atoms with Crippen molar-refractivity contribution in [3.8, 4) is 23.0 Å². The Kier molecular flexibility index (Phi) is 5.52. The first-order valence-corrected chi connectivity index (χ1v) is 7.30. The summed E-state index contributed by atoms with van der Waals surface area (Å²) in [6.45, 7) is 1.84. The van der Waals surface area contributed by atoms with Crippen LogP contribution in [0.2, 0.25) is 0 Å². The van der Waals surface area contributed by atoms with Crippen LogP contribution in [0.15, 0.2) is 30.3 Å². The SMILES string of the molecule is COc1ccc(NC(=O)c2ccc(OC)c(C)c2OC)cc1OC. The molecule has 0 bridgehead atoms. The van der Waals surface area contributed by atoms with Crippen LogP contribution in [0.25, 0.3) is 0 Å². The second kappa shape index (κ2) is 7.59. The van der Waals surface area contributed by atoms with Crippen LogP contribution in [-0.2, 0) is 0 Å². The maximum Gasteiger partial charge on any atom is 0.259 e. The van der Waals surface area contributed by atoms with E-state index in [1.807, 2.05) is 6.92 Å². The van der Waals surface area contributed by atoms with Crippen molar-refractivity contribution in [1.82, 2.24) is 0 Å². The zero-order valence-electron chi connectivity index (χ0n) is 14.4. The van der Waals surface area contributed by atoms with Crippen molar-refractivity contribution in [3.05, 3.63) is 41.5 Å². The molecule has 0 atom stereocenters. The van der Waals surface area contributed by atoms with E-state index < -0.39 is 0 Å². The van der Waals surface area contributed by atoms with Crippen LogP contribution in [0.1, 0.15) is 15.9 Å². The summed E-state index contributed by atoms with van der Waals surface area (Å²) >= 11 is 0. The van der Waals surface area contributed by atoms with Gasteiger partial charge in [0.15, 0.2) is 11.5 Å². The summed E-state index contributed by atoms with van der Waals surface area (Å²) in [4.78, 5) is 12.6. The lowest BCUT2D eigenvalue weighted by atomic mass is 10.1. The fourth-order valence-corrected chi connectivity index (χ4v) is 2.45. The molecule has 0 radical (unpaired) electrons. The number of anilines is 1. The molecule has 0 spiro atoms. The molecule has 1 amide bonds. The highest BCUT2D eigenvalue weighted by Crippen LogP contribution is 2.33. The molecule has 6 nitrogen and oxygen atoms in total. The van der Waals surface area contributed by atoms with Crippen molar-refractivity contribution >= 4 is 11.6 Å². The van der Waals surface area contributed by atoms with E-state index in [1.165, 1.54) is 7.11 Å². The second-order valence-corrected chi connectivity index (χ2v) is 5.00. The molecule has 2 aromatic carbocycles. The molecule has 0 saturated carbocycles. The van der Waals surface area contributed by atoms with Gasteiger partial charge >= 0.3 is 0 Å². The highest BCUT2D eigenvalue weighted by Gasteiger charge is 2.18. The molecule has 0 fully saturated rings. The summed E-state index contributed by atoms with van der Waals surface area (Å²) in [7, 11) is 6.19. The van der Waals surface area contributed by atoms with E-state index in [4.69, 9.17) is 18.9 Å². The summed E-state index contributed by atoms with van der Waals surface area (Å²) in [5.41, 5.74) is 1.78. The van der Waals surface area contributed by atoms with Gasteiger partial charge in [0.05, 0.1) is 34.0 Å². The number of benzene rings is 2. The monoisotopic (exact) mass is 331 g/mol. The fourth-order valence-electron chi connectivity index (χ4n) is 2.45. The largest absolute Gasteiger partial charge is 0.496 e. The number of nitrogens with one attached hydrogen (secondary N) is 1. The van der Waals surface area contributed by atoms with Gasteiger partial charge in [-0.15, -0.1) is 0 Å². The zero-order valence-corrected chi connectivity index (χ0v) is 14.4. The summed E-state index contributed by atoms with van der Waals surface area (Å²) in [6.07, 6.45) is 0. The highest BCUT2D eigenvalue weighted by molar-refractivity contribution is 6.06. The lowest BCUT2D eigenvalue weighted by molar-refractivity contribution is 0.102. The predicted octanol–water partition coefficient (Wildman–Crippen LogP) is 3.28. The molecule has 0 saturated heterocycles. The average molecular weight is 331 g/mol. The lowest BCUT2D eigenvalue weighted by Crippen LogP contribution is -2.14. The average Bonchev–Trinajstić information content (AvgIpc) is 2.61. The van der Waals surface area contributed by atoms with Gasteiger partial charge < -0.3 is 24.3 Å². The zero-order chi connectivity index (χ0) is 17.7. The Morgan fingerprint density at radius 1 is 0.833 bits per heavy atom. The Morgan fingerprint density at radius 3 is 2.04 bits per heavy atom. The van der Waals surface area contributed by atoms with Crippen LogP contribution in [0, 0.1) is 6.92 Å². The van der Waals surface area contributed by atoms with E-state index in [-0.39, 0.29) is 5.91 Å². The number of methoxy groups -OCH3 is 4. The summed E-state index contributed by atoms with van der Waals surface area (Å²) in [5.74, 6) is 1.98. The number of hydrogen-bond donors (Lipinski definition) is 1. The van der Waals surface area contributed by atoms with Crippen molar-refractivity contribution in [1.29, 1.82) is 0 Å². The van der Waals surface area contributed by atoms with Gasteiger partial charge in [0.25, 0.3) is 5.91 Å². The van der Waals surface area contributed by atoms with E-state index >= 15 is 0 Å². The maximum atomic E-state index is 12.6. The number of hydrogen-bond acceptors (Lipinski definition) is 5. The number of rotatable bonds is 6. The summed E-state index contributed by atoms with van der Waals surface area (Å²) in [5, 5.41) is 2.83. The Bertz CT molecular complexity index is 742. The molecule has 24 heavy (non-hydrogen) atoms. The molecule has 0 aliphatic rings. The first kappa shape index (κ1) is 17.5. The van der Waals surface area contributed by atoms with Crippen LogP contribution in [0.3, 0.4) is 0 Å². The molecular weight excluding hydrogens is 310 g/mol. The summed E-state index contributed by atoms with van der Waals surface area (Å²) in [6, 6.07) is 8.56. The molecule has 2 aromatic rings. The predicted molar refractivity (Wildman–Crippen MR) is 91.8 cm³/mol. The van der Waals surface area contributed by atoms with E-state index in [2.05, 4.69) is 5.32 Å². The number of amides is 1. The van der Waals surface area contributed by atoms with Gasteiger partial charge in [0, 0.05) is 17.3 Å². The smallest absolute Gasteiger partial charge is 0.259 e. The van der Waals surface area contributed by atoms with Crippen molar-refractivity contribution in [3.63, 3.8) is 0 Å². The minimum atomic E-state index is -0.287. The van der Waals surface area contributed by atoms with Crippen LogP contribution < -0.4 is 24.3 Å². The Morgan fingerprint density at radius 2 is 1.46 bits per heavy atom. The van der Waals surface area contributed by atoms with E-state index in [9.17, 15) is 4.79 Å². The van der Waals surface area contributed by atoms with Gasteiger partial charge in [-0.2, -0.15) is 0 Å². The third kappa shape index (κ3) is 3.37. The minimum Gasteiger partial charge on any atom is -0.496 e.